The minimum atomic E-state index is -0.904. The smallest absolute Gasteiger partial charge is 0.434 e. The zero-order chi connectivity index (χ0) is 19.4. The Morgan fingerprint density at radius 1 is 1.11 bits per heavy atom. The summed E-state index contributed by atoms with van der Waals surface area (Å²) in [5.74, 6) is 0. The molecule has 0 radical (unpaired) electrons. The van der Waals surface area contributed by atoms with E-state index in [4.69, 9.17) is 9.47 Å². The van der Waals surface area contributed by atoms with Crippen LogP contribution < -0.4 is 0 Å². The second-order valence-corrected chi connectivity index (χ2v) is 6.72. The molecule has 28 heavy (non-hydrogen) atoms. The van der Waals surface area contributed by atoms with Crippen LogP contribution in [0.3, 0.4) is 0 Å². The quantitative estimate of drug-likeness (QED) is 0.810. The number of morpholine rings is 1. The van der Waals surface area contributed by atoms with Crippen LogP contribution in [-0.2, 0) is 15.1 Å². The molecule has 1 fully saturated rings. The lowest BCUT2D eigenvalue weighted by Gasteiger charge is -2.48. The number of hydrogen-bond donors (Lipinski definition) is 0. The lowest BCUT2D eigenvalue weighted by molar-refractivity contribution is -0.0965. The highest BCUT2D eigenvalue weighted by atomic mass is 16.6. The molecule has 2 unspecified atom stereocenters. The number of hydrogen-bond acceptors (Lipinski definition) is 6. The maximum absolute atomic E-state index is 12.9. The number of rotatable bonds is 4. The topological polar surface area (TPSA) is 66.7 Å². The van der Waals surface area contributed by atoms with Crippen LogP contribution in [0.25, 0.3) is 0 Å². The number of ether oxygens (including phenoxy) is 2. The molecular formula is C21H24N4O3. The molecule has 0 aromatic heterocycles. The van der Waals surface area contributed by atoms with E-state index in [1.807, 2.05) is 60.7 Å². The first-order valence-electron chi connectivity index (χ1n) is 9.59. The first-order valence-corrected chi connectivity index (χ1v) is 9.59. The summed E-state index contributed by atoms with van der Waals surface area (Å²) < 4.78 is 10.9. The number of benzene rings is 2. The van der Waals surface area contributed by atoms with E-state index in [9.17, 15) is 4.79 Å². The Morgan fingerprint density at radius 2 is 1.75 bits per heavy atom. The second-order valence-electron chi connectivity index (χ2n) is 6.72. The average Bonchev–Trinajstić information content (AvgIpc) is 3.17. The summed E-state index contributed by atoms with van der Waals surface area (Å²) in [6, 6.07) is 19.6. The first-order chi connectivity index (χ1) is 13.8. The van der Waals surface area contributed by atoms with Crippen LogP contribution >= 0.6 is 0 Å². The summed E-state index contributed by atoms with van der Waals surface area (Å²) in [5, 5.41) is 10.3. The fourth-order valence-corrected chi connectivity index (χ4v) is 4.02. The molecule has 0 spiro atoms. The Hall–Kier alpha value is -2.77. The van der Waals surface area contributed by atoms with Crippen molar-refractivity contribution in [1.29, 1.82) is 0 Å². The van der Waals surface area contributed by atoms with Crippen molar-refractivity contribution in [3.05, 3.63) is 71.8 Å². The van der Waals surface area contributed by atoms with Crippen molar-refractivity contribution in [2.75, 3.05) is 32.9 Å². The summed E-state index contributed by atoms with van der Waals surface area (Å²) in [6.45, 7) is 4.57. The number of carbonyl (C=O) groups excluding carboxylic acids is 1. The molecule has 0 aliphatic carbocycles. The summed E-state index contributed by atoms with van der Waals surface area (Å²) in [6.07, 6.45) is -0.500. The van der Waals surface area contributed by atoms with Gasteiger partial charge in [-0.05, 0) is 18.1 Å². The number of amides is 1. The van der Waals surface area contributed by atoms with Gasteiger partial charge in [-0.1, -0.05) is 65.9 Å². The van der Waals surface area contributed by atoms with Gasteiger partial charge >= 0.3 is 6.09 Å². The molecule has 2 aromatic rings. The van der Waals surface area contributed by atoms with Crippen LogP contribution in [0.5, 0.6) is 0 Å². The van der Waals surface area contributed by atoms with Crippen LogP contribution in [-0.4, -0.2) is 48.9 Å². The lowest BCUT2D eigenvalue weighted by atomic mass is 9.85. The van der Waals surface area contributed by atoms with E-state index in [1.165, 1.54) is 5.01 Å². The number of carbonyl (C=O) groups is 1. The van der Waals surface area contributed by atoms with Gasteiger partial charge in [0, 0.05) is 13.1 Å². The predicted molar refractivity (Wildman–Crippen MR) is 103 cm³/mol. The van der Waals surface area contributed by atoms with Crippen molar-refractivity contribution in [2.24, 2.45) is 10.3 Å². The van der Waals surface area contributed by atoms with Crippen molar-refractivity contribution in [1.82, 2.24) is 9.91 Å². The van der Waals surface area contributed by atoms with Gasteiger partial charge in [0.05, 0.1) is 19.8 Å². The molecular weight excluding hydrogens is 356 g/mol. The Labute approximate surface area is 164 Å². The van der Waals surface area contributed by atoms with Crippen LogP contribution in [0.2, 0.25) is 0 Å². The predicted octanol–water partition coefficient (Wildman–Crippen LogP) is 3.75. The lowest BCUT2D eigenvalue weighted by Crippen LogP contribution is -2.61. The molecule has 146 valence electrons. The van der Waals surface area contributed by atoms with Crippen molar-refractivity contribution >= 4 is 6.09 Å². The fraction of sp³-hybridized carbons (Fsp3) is 0.381. The van der Waals surface area contributed by atoms with E-state index in [1.54, 1.807) is 6.92 Å². The molecule has 7 heteroatoms. The van der Waals surface area contributed by atoms with E-state index in [0.717, 1.165) is 11.1 Å². The Bertz CT molecular complexity index is 824. The van der Waals surface area contributed by atoms with Gasteiger partial charge in [-0.2, -0.15) is 10.1 Å². The van der Waals surface area contributed by atoms with Crippen LogP contribution in [0.15, 0.2) is 71.0 Å². The molecule has 1 saturated heterocycles. The minimum Gasteiger partial charge on any atom is -0.448 e. The highest BCUT2D eigenvalue weighted by molar-refractivity contribution is 5.69. The molecule has 0 bridgehead atoms. The largest absolute Gasteiger partial charge is 0.448 e. The normalized spacial score (nSPS) is 25.0. The summed E-state index contributed by atoms with van der Waals surface area (Å²) in [7, 11) is 0. The maximum Gasteiger partial charge on any atom is 0.434 e. The molecule has 0 N–H and O–H groups in total. The van der Waals surface area contributed by atoms with E-state index < -0.39 is 11.8 Å². The van der Waals surface area contributed by atoms with Gasteiger partial charge in [0.15, 0.2) is 5.66 Å². The zero-order valence-corrected chi connectivity index (χ0v) is 15.9. The molecule has 4 rings (SSSR count). The Morgan fingerprint density at radius 3 is 2.39 bits per heavy atom. The van der Waals surface area contributed by atoms with E-state index in [2.05, 4.69) is 15.2 Å². The SMILES string of the molecule is CCOC(=O)N1N=NC(c2ccccc2)C1(c1ccccc1)N1CCOCC1. The van der Waals surface area contributed by atoms with E-state index in [0.29, 0.717) is 26.3 Å². The Kier molecular flexibility index (Phi) is 5.36. The third kappa shape index (κ3) is 3.06. The number of nitrogens with zero attached hydrogens (tertiary/aromatic N) is 4. The molecule has 2 aliphatic heterocycles. The molecule has 2 aromatic carbocycles. The fourth-order valence-electron chi connectivity index (χ4n) is 4.02. The second kappa shape index (κ2) is 8.08. The molecule has 1 amide bonds. The van der Waals surface area contributed by atoms with Crippen molar-refractivity contribution < 1.29 is 14.3 Å². The zero-order valence-electron chi connectivity index (χ0n) is 15.9. The monoisotopic (exact) mass is 380 g/mol. The summed E-state index contributed by atoms with van der Waals surface area (Å²) in [5.41, 5.74) is 1.04. The van der Waals surface area contributed by atoms with Crippen LogP contribution in [0.4, 0.5) is 4.79 Å². The molecule has 7 nitrogen and oxygen atoms in total. The van der Waals surface area contributed by atoms with Gasteiger partial charge in [0.25, 0.3) is 0 Å². The highest BCUT2D eigenvalue weighted by Crippen LogP contribution is 2.50. The molecule has 0 saturated carbocycles. The highest BCUT2D eigenvalue weighted by Gasteiger charge is 2.58. The Balaban J connectivity index is 1.90. The van der Waals surface area contributed by atoms with Crippen LogP contribution in [0.1, 0.15) is 24.1 Å². The van der Waals surface area contributed by atoms with Crippen molar-refractivity contribution in [3.8, 4) is 0 Å². The van der Waals surface area contributed by atoms with E-state index in [-0.39, 0.29) is 12.6 Å². The van der Waals surface area contributed by atoms with Crippen molar-refractivity contribution in [2.45, 2.75) is 18.6 Å². The van der Waals surface area contributed by atoms with Gasteiger partial charge in [0.1, 0.15) is 6.04 Å². The van der Waals surface area contributed by atoms with Crippen molar-refractivity contribution in [3.63, 3.8) is 0 Å². The molecule has 2 atom stereocenters. The van der Waals surface area contributed by atoms with Gasteiger partial charge in [-0.15, -0.1) is 0 Å². The third-order valence-electron chi connectivity index (χ3n) is 5.21. The van der Waals surface area contributed by atoms with E-state index >= 15 is 0 Å². The molecule has 2 aliphatic rings. The summed E-state index contributed by atoms with van der Waals surface area (Å²) in [4.78, 5) is 15.2. The standard InChI is InChI=1S/C21H24N4O3/c1-2-28-20(26)25-21(18-11-7-4-8-12-18,24-13-15-27-16-14-24)19(22-23-25)17-9-5-3-6-10-17/h3-12,19H,2,13-16H2,1H3. The van der Waals surface area contributed by atoms with Gasteiger partial charge in [0.2, 0.25) is 0 Å². The minimum absolute atomic E-state index is 0.273. The van der Waals surface area contributed by atoms with Gasteiger partial charge in [-0.25, -0.2) is 4.79 Å². The summed E-state index contributed by atoms with van der Waals surface area (Å²) >= 11 is 0. The average molecular weight is 380 g/mol. The van der Waals surface area contributed by atoms with Gasteiger partial charge in [-0.3, -0.25) is 4.90 Å². The maximum atomic E-state index is 12.9. The van der Waals surface area contributed by atoms with Gasteiger partial charge < -0.3 is 9.47 Å². The first kappa shape index (κ1) is 18.6. The van der Waals surface area contributed by atoms with Crippen LogP contribution in [0, 0.1) is 0 Å². The molecule has 2 heterocycles. The third-order valence-corrected chi connectivity index (χ3v) is 5.21.